The van der Waals surface area contributed by atoms with Crippen LogP contribution < -0.4 is 10.1 Å². The monoisotopic (exact) mass is 451 g/mol. The molecule has 0 aliphatic carbocycles. The number of ether oxygens (including phenoxy) is 1. The highest BCUT2D eigenvalue weighted by Crippen LogP contribution is 2.40. The van der Waals surface area contributed by atoms with Gasteiger partial charge in [-0.3, -0.25) is 0 Å². The molecule has 0 bridgehead atoms. The first-order chi connectivity index (χ1) is 10.1. The zero-order valence-electron chi connectivity index (χ0n) is 11.8. The summed E-state index contributed by atoms with van der Waals surface area (Å²) in [5, 5.41) is 4.28. The lowest BCUT2D eigenvalue weighted by atomic mass is 10.00. The molecule has 0 fully saturated rings. The van der Waals surface area contributed by atoms with Crippen molar-refractivity contribution in [2.75, 3.05) is 13.7 Å². The van der Waals surface area contributed by atoms with Crippen molar-refractivity contribution in [1.82, 2.24) is 5.32 Å². The highest BCUT2D eigenvalue weighted by Gasteiger charge is 2.22. The third-order valence-electron chi connectivity index (χ3n) is 3.10. The van der Waals surface area contributed by atoms with Crippen LogP contribution in [0.1, 0.15) is 30.5 Å². The number of methoxy groups -OCH3 is 1. The van der Waals surface area contributed by atoms with Gasteiger partial charge in [0, 0.05) is 10.6 Å². The number of benzene rings is 1. The number of hydrogen-bond donors (Lipinski definition) is 1. The molecule has 1 N–H and O–H groups in total. The van der Waals surface area contributed by atoms with E-state index in [1.165, 1.54) is 5.56 Å². The minimum Gasteiger partial charge on any atom is -0.496 e. The van der Waals surface area contributed by atoms with Crippen LogP contribution in [0.25, 0.3) is 0 Å². The minimum absolute atomic E-state index is 0.0375. The van der Waals surface area contributed by atoms with E-state index < -0.39 is 0 Å². The number of thiophene rings is 1. The lowest BCUT2D eigenvalue weighted by Crippen LogP contribution is -2.23. The molecule has 1 aromatic carbocycles. The van der Waals surface area contributed by atoms with Crippen molar-refractivity contribution in [2.45, 2.75) is 19.4 Å². The number of nitrogens with one attached hydrogen (secondary N) is 1. The molecule has 2 nitrogen and oxygen atoms in total. The molecule has 2 aromatic rings. The molecule has 1 aromatic heterocycles. The highest BCUT2D eigenvalue weighted by atomic mass is 79.9. The lowest BCUT2D eigenvalue weighted by Gasteiger charge is -2.21. The van der Waals surface area contributed by atoms with Crippen molar-refractivity contribution in [2.24, 2.45) is 0 Å². The van der Waals surface area contributed by atoms with E-state index in [0.717, 1.165) is 31.9 Å². The van der Waals surface area contributed by atoms with E-state index in [4.69, 9.17) is 16.3 Å². The van der Waals surface area contributed by atoms with Crippen molar-refractivity contribution >= 4 is 54.8 Å². The molecule has 6 heteroatoms. The molecule has 0 spiro atoms. The van der Waals surface area contributed by atoms with Gasteiger partial charge in [-0.1, -0.05) is 18.5 Å². The van der Waals surface area contributed by atoms with Crippen molar-refractivity contribution in [3.05, 3.63) is 48.0 Å². The molecule has 1 unspecified atom stereocenters. The summed E-state index contributed by atoms with van der Waals surface area (Å²) in [5.74, 6) is 0.835. The fourth-order valence-electron chi connectivity index (χ4n) is 2.16. The number of hydrogen-bond acceptors (Lipinski definition) is 3. The van der Waals surface area contributed by atoms with Crippen LogP contribution >= 0.6 is 54.8 Å². The van der Waals surface area contributed by atoms with Crippen LogP contribution in [-0.4, -0.2) is 13.7 Å². The average molecular weight is 454 g/mol. The summed E-state index contributed by atoms with van der Waals surface area (Å²) in [7, 11) is 1.68. The molecule has 2 rings (SSSR count). The molecule has 0 saturated carbocycles. The summed E-state index contributed by atoms with van der Waals surface area (Å²) in [6, 6.07) is 7.89. The normalized spacial score (nSPS) is 12.4. The largest absolute Gasteiger partial charge is 0.496 e. The molecule has 1 atom stereocenters. The van der Waals surface area contributed by atoms with Gasteiger partial charge in [0.2, 0.25) is 0 Å². The second-order valence-electron chi connectivity index (χ2n) is 4.55. The van der Waals surface area contributed by atoms with Gasteiger partial charge in [0.05, 0.1) is 20.7 Å². The Labute approximate surface area is 151 Å². The van der Waals surface area contributed by atoms with Gasteiger partial charge in [0.25, 0.3) is 0 Å². The van der Waals surface area contributed by atoms with E-state index in [1.54, 1.807) is 18.4 Å². The number of halogens is 3. The molecule has 0 aliphatic heterocycles. The Balaban J connectivity index is 2.50. The SMILES string of the molecule is CCCNC(c1cc(Cl)ccc1OC)c1cc(Br)sc1Br. The second kappa shape index (κ2) is 7.97. The fraction of sp³-hybridized carbons (Fsp3) is 0.333. The third kappa shape index (κ3) is 4.23. The van der Waals surface area contributed by atoms with Crippen molar-refractivity contribution < 1.29 is 4.74 Å². The van der Waals surface area contributed by atoms with Crippen LogP contribution in [0.5, 0.6) is 5.75 Å². The Kier molecular flexibility index (Phi) is 6.56. The zero-order valence-corrected chi connectivity index (χ0v) is 16.5. The highest BCUT2D eigenvalue weighted by molar-refractivity contribution is 9.12. The Hall–Kier alpha value is -0.0700. The van der Waals surface area contributed by atoms with Gasteiger partial charge in [-0.15, -0.1) is 11.3 Å². The van der Waals surface area contributed by atoms with Gasteiger partial charge < -0.3 is 10.1 Å². The Bertz CT molecular complexity index is 618. The maximum absolute atomic E-state index is 6.18. The summed E-state index contributed by atoms with van der Waals surface area (Å²) in [6.07, 6.45) is 1.06. The van der Waals surface area contributed by atoms with Crippen LogP contribution in [0.15, 0.2) is 31.8 Å². The molecule has 1 heterocycles. The van der Waals surface area contributed by atoms with Crippen LogP contribution in [0.4, 0.5) is 0 Å². The zero-order chi connectivity index (χ0) is 15.4. The Morgan fingerprint density at radius 2 is 2.05 bits per heavy atom. The minimum atomic E-state index is 0.0375. The van der Waals surface area contributed by atoms with Gasteiger partial charge in [0.1, 0.15) is 5.75 Å². The lowest BCUT2D eigenvalue weighted by molar-refractivity contribution is 0.404. The Morgan fingerprint density at radius 3 is 2.62 bits per heavy atom. The van der Waals surface area contributed by atoms with Crippen molar-refractivity contribution in [3.8, 4) is 5.75 Å². The first-order valence-electron chi connectivity index (χ1n) is 6.58. The number of rotatable bonds is 6. The van der Waals surface area contributed by atoms with E-state index >= 15 is 0 Å². The molecular weight excluding hydrogens is 437 g/mol. The molecule has 0 radical (unpaired) electrons. The average Bonchev–Trinajstić information content (AvgIpc) is 2.78. The Morgan fingerprint density at radius 1 is 1.29 bits per heavy atom. The molecule has 0 amide bonds. The first-order valence-corrected chi connectivity index (χ1v) is 9.36. The van der Waals surface area contributed by atoms with Crippen molar-refractivity contribution in [3.63, 3.8) is 0 Å². The fourth-order valence-corrected chi connectivity index (χ4v) is 5.24. The quantitative estimate of drug-likeness (QED) is 0.577. The van der Waals surface area contributed by atoms with Crippen molar-refractivity contribution in [1.29, 1.82) is 0 Å². The summed E-state index contributed by atoms with van der Waals surface area (Å²) in [5.41, 5.74) is 2.23. The van der Waals surface area contributed by atoms with Gasteiger partial charge in [-0.2, -0.15) is 0 Å². The maximum atomic E-state index is 6.18. The van der Waals surface area contributed by atoms with E-state index in [1.807, 2.05) is 18.2 Å². The van der Waals surface area contributed by atoms with E-state index in [-0.39, 0.29) is 6.04 Å². The topological polar surface area (TPSA) is 21.3 Å². The summed E-state index contributed by atoms with van der Waals surface area (Å²) < 4.78 is 7.70. The van der Waals surface area contributed by atoms with E-state index in [9.17, 15) is 0 Å². The third-order valence-corrected chi connectivity index (χ3v) is 5.72. The first kappa shape index (κ1) is 17.3. The van der Waals surface area contributed by atoms with Crippen LogP contribution in [0.3, 0.4) is 0 Å². The second-order valence-corrected chi connectivity index (χ2v) is 8.74. The summed E-state index contributed by atoms with van der Waals surface area (Å²) in [4.78, 5) is 0. The van der Waals surface area contributed by atoms with Crippen LogP contribution in [0, 0.1) is 0 Å². The standard InChI is InChI=1S/C15H16Br2ClNOS/c1-3-6-19-14(11-8-13(16)21-15(11)17)10-7-9(18)4-5-12(10)20-2/h4-5,7-8,14,19H,3,6H2,1-2H3. The summed E-state index contributed by atoms with van der Waals surface area (Å²) in [6.45, 7) is 3.07. The van der Waals surface area contributed by atoms with Gasteiger partial charge in [-0.05, 0) is 74.7 Å². The maximum Gasteiger partial charge on any atom is 0.124 e. The van der Waals surface area contributed by atoms with E-state index in [2.05, 4.69) is 50.2 Å². The molecule has 114 valence electrons. The molecular formula is C15H16Br2ClNOS. The van der Waals surface area contributed by atoms with Crippen LogP contribution in [-0.2, 0) is 0 Å². The van der Waals surface area contributed by atoms with Gasteiger partial charge >= 0.3 is 0 Å². The predicted octanol–water partition coefficient (Wildman–Crippen LogP) is 6.02. The molecule has 21 heavy (non-hydrogen) atoms. The molecule has 0 aliphatic rings. The van der Waals surface area contributed by atoms with Gasteiger partial charge in [0.15, 0.2) is 0 Å². The molecule has 0 saturated heterocycles. The van der Waals surface area contributed by atoms with Gasteiger partial charge in [-0.25, -0.2) is 0 Å². The smallest absolute Gasteiger partial charge is 0.124 e. The van der Waals surface area contributed by atoms with E-state index in [0.29, 0.717) is 5.02 Å². The van der Waals surface area contributed by atoms with Crippen LogP contribution in [0.2, 0.25) is 5.02 Å². The summed E-state index contributed by atoms with van der Waals surface area (Å²) >= 11 is 15.0. The predicted molar refractivity (Wildman–Crippen MR) is 97.9 cm³/mol.